The molecule has 3 heteroatoms. The van der Waals surface area contributed by atoms with Crippen molar-refractivity contribution in [1.29, 1.82) is 0 Å². The van der Waals surface area contributed by atoms with Crippen LogP contribution in [0, 0.1) is 0 Å². The Morgan fingerprint density at radius 2 is 1.53 bits per heavy atom. The van der Waals surface area contributed by atoms with Crippen molar-refractivity contribution in [2.24, 2.45) is 0 Å². The second kappa shape index (κ2) is 9.42. The predicted octanol–water partition coefficient (Wildman–Crippen LogP) is 3.96. The highest BCUT2D eigenvalue weighted by Gasteiger charge is 2.02. The van der Waals surface area contributed by atoms with Crippen LogP contribution in [0.25, 0.3) is 0 Å². The van der Waals surface area contributed by atoms with Crippen molar-refractivity contribution < 1.29 is 15.0 Å². The summed E-state index contributed by atoms with van der Waals surface area (Å²) in [5, 5.41) is 19.0. The number of aromatic hydroxyl groups is 2. The van der Waals surface area contributed by atoms with E-state index >= 15 is 0 Å². The van der Waals surface area contributed by atoms with Crippen LogP contribution in [0.2, 0.25) is 0 Å². The fraction of sp³-hybridized carbons (Fsp3) is 0.562. The summed E-state index contributed by atoms with van der Waals surface area (Å²) in [6.45, 7) is 0. The molecule has 3 nitrogen and oxygen atoms in total. The summed E-state index contributed by atoms with van der Waals surface area (Å²) in [7, 11) is 0. The van der Waals surface area contributed by atoms with Gasteiger partial charge >= 0.3 is 0 Å². The first-order valence-electron chi connectivity index (χ1n) is 7.18. The number of carbonyl (C=O) groups is 1. The molecule has 19 heavy (non-hydrogen) atoms. The summed E-state index contributed by atoms with van der Waals surface area (Å²) in [5.41, 5.74) is 0.825. The number of phenolic OH excluding ortho intramolecular Hbond substituents is 2. The van der Waals surface area contributed by atoms with E-state index in [1.165, 1.54) is 31.4 Å². The molecule has 0 saturated heterocycles. The lowest BCUT2D eigenvalue weighted by Crippen LogP contribution is -1.87. The lowest BCUT2D eigenvalue weighted by atomic mass is 10.0. The van der Waals surface area contributed by atoms with Gasteiger partial charge in [-0.1, -0.05) is 32.1 Å². The zero-order valence-corrected chi connectivity index (χ0v) is 11.5. The fourth-order valence-electron chi connectivity index (χ4n) is 2.20. The van der Waals surface area contributed by atoms with Gasteiger partial charge in [0.25, 0.3) is 0 Å². The number of hydrogen-bond donors (Lipinski definition) is 2. The van der Waals surface area contributed by atoms with Crippen molar-refractivity contribution in [2.75, 3.05) is 0 Å². The molecule has 0 aromatic heterocycles. The van der Waals surface area contributed by atoms with Gasteiger partial charge in [-0.3, -0.25) is 0 Å². The number of rotatable bonds is 10. The lowest BCUT2D eigenvalue weighted by molar-refractivity contribution is -0.107. The second-order valence-corrected chi connectivity index (χ2v) is 4.99. The highest BCUT2D eigenvalue weighted by atomic mass is 16.3. The van der Waals surface area contributed by atoms with Gasteiger partial charge in [0.1, 0.15) is 17.8 Å². The van der Waals surface area contributed by atoms with E-state index in [9.17, 15) is 15.0 Å². The SMILES string of the molecule is O=CCCCCCCCCCc1cc(O)ccc1O. The molecule has 0 unspecified atom stereocenters. The highest BCUT2D eigenvalue weighted by molar-refractivity contribution is 5.48. The maximum absolute atomic E-state index is 10.1. The molecule has 2 N–H and O–H groups in total. The summed E-state index contributed by atoms with van der Waals surface area (Å²) in [6.07, 6.45) is 10.4. The lowest BCUT2D eigenvalue weighted by Gasteiger charge is -2.05. The number of unbranched alkanes of at least 4 members (excludes halogenated alkanes) is 7. The van der Waals surface area contributed by atoms with E-state index in [0.29, 0.717) is 6.42 Å². The number of phenols is 2. The normalized spacial score (nSPS) is 10.5. The summed E-state index contributed by atoms with van der Waals surface area (Å²) in [6, 6.07) is 4.67. The van der Waals surface area contributed by atoms with Gasteiger partial charge in [0.2, 0.25) is 0 Å². The summed E-state index contributed by atoms with van der Waals surface area (Å²) in [5.74, 6) is 0.481. The Bertz CT molecular complexity index is 374. The van der Waals surface area contributed by atoms with Crippen molar-refractivity contribution in [2.45, 2.75) is 57.8 Å². The molecular weight excluding hydrogens is 240 g/mol. The van der Waals surface area contributed by atoms with Crippen LogP contribution in [0.4, 0.5) is 0 Å². The van der Waals surface area contributed by atoms with E-state index in [1.54, 1.807) is 6.07 Å². The third kappa shape index (κ3) is 6.85. The molecule has 0 heterocycles. The van der Waals surface area contributed by atoms with Crippen molar-refractivity contribution in [3.8, 4) is 11.5 Å². The first kappa shape index (κ1) is 15.5. The smallest absolute Gasteiger partial charge is 0.119 e. The predicted molar refractivity (Wildman–Crippen MR) is 76.5 cm³/mol. The molecule has 0 aliphatic rings. The summed E-state index contributed by atoms with van der Waals surface area (Å²) in [4.78, 5) is 10.1. The minimum absolute atomic E-state index is 0.211. The van der Waals surface area contributed by atoms with Crippen LogP contribution < -0.4 is 0 Å². The van der Waals surface area contributed by atoms with E-state index in [0.717, 1.165) is 44.0 Å². The molecule has 0 aliphatic heterocycles. The second-order valence-electron chi connectivity index (χ2n) is 4.99. The van der Waals surface area contributed by atoms with Crippen LogP contribution in [0.1, 0.15) is 56.9 Å². The fourth-order valence-corrected chi connectivity index (χ4v) is 2.20. The monoisotopic (exact) mass is 264 g/mol. The maximum atomic E-state index is 10.1. The molecule has 0 atom stereocenters. The van der Waals surface area contributed by atoms with Crippen LogP contribution in [-0.2, 0) is 11.2 Å². The minimum Gasteiger partial charge on any atom is -0.508 e. The van der Waals surface area contributed by atoms with Crippen molar-refractivity contribution in [3.63, 3.8) is 0 Å². The van der Waals surface area contributed by atoms with Crippen molar-refractivity contribution in [1.82, 2.24) is 0 Å². The largest absolute Gasteiger partial charge is 0.508 e. The summed E-state index contributed by atoms with van der Waals surface area (Å²) < 4.78 is 0. The molecule has 106 valence electrons. The average Bonchev–Trinajstić information content (AvgIpc) is 2.40. The number of benzene rings is 1. The quantitative estimate of drug-likeness (QED) is 0.382. The molecule has 0 aliphatic carbocycles. The molecule has 1 aromatic rings. The Kier molecular flexibility index (Phi) is 7.71. The highest BCUT2D eigenvalue weighted by Crippen LogP contribution is 2.24. The Morgan fingerprint density at radius 3 is 2.21 bits per heavy atom. The molecular formula is C16H24O3. The Labute approximate surface area is 115 Å². The Morgan fingerprint density at radius 1 is 0.895 bits per heavy atom. The topological polar surface area (TPSA) is 57.5 Å². The van der Waals surface area contributed by atoms with Crippen LogP contribution in [0.5, 0.6) is 11.5 Å². The van der Waals surface area contributed by atoms with E-state index in [-0.39, 0.29) is 11.5 Å². The first-order valence-corrected chi connectivity index (χ1v) is 7.18. The maximum Gasteiger partial charge on any atom is 0.119 e. The average molecular weight is 264 g/mol. The van der Waals surface area contributed by atoms with Crippen LogP contribution >= 0.6 is 0 Å². The third-order valence-corrected chi connectivity index (χ3v) is 3.33. The van der Waals surface area contributed by atoms with Crippen LogP contribution in [-0.4, -0.2) is 16.5 Å². The van der Waals surface area contributed by atoms with E-state index < -0.39 is 0 Å². The van der Waals surface area contributed by atoms with Crippen molar-refractivity contribution >= 4 is 6.29 Å². The van der Waals surface area contributed by atoms with E-state index in [1.807, 2.05) is 0 Å². The van der Waals surface area contributed by atoms with E-state index in [2.05, 4.69) is 0 Å². The minimum atomic E-state index is 0.211. The zero-order valence-electron chi connectivity index (χ0n) is 11.5. The first-order chi connectivity index (χ1) is 9.24. The molecule has 0 radical (unpaired) electrons. The van der Waals surface area contributed by atoms with E-state index in [4.69, 9.17) is 0 Å². The van der Waals surface area contributed by atoms with Gasteiger partial charge < -0.3 is 15.0 Å². The Hall–Kier alpha value is -1.51. The molecule has 0 amide bonds. The van der Waals surface area contributed by atoms with Crippen molar-refractivity contribution in [3.05, 3.63) is 23.8 Å². The van der Waals surface area contributed by atoms with Gasteiger partial charge in [-0.15, -0.1) is 0 Å². The number of hydrogen-bond acceptors (Lipinski definition) is 3. The molecule has 0 fully saturated rings. The third-order valence-electron chi connectivity index (χ3n) is 3.33. The number of carbonyl (C=O) groups excluding carboxylic acids is 1. The van der Waals surface area contributed by atoms with Gasteiger partial charge in [0, 0.05) is 6.42 Å². The molecule has 0 bridgehead atoms. The standard InChI is InChI=1S/C16H24O3/c17-12-8-6-4-2-1-3-5-7-9-14-13-15(18)10-11-16(14)19/h10-13,18-19H,1-9H2. The molecule has 1 rings (SSSR count). The number of aldehydes is 1. The summed E-state index contributed by atoms with van der Waals surface area (Å²) >= 11 is 0. The van der Waals surface area contributed by atoms with Gasteiger partial charge in [-0.2, -0.15) is 0 Å². The van der Waals surface area contributed by atoms with Crippen LogP contribution in [0.15, 0.2) is 18.2 Å². The van der Waals surface area contributed by atoms with Gasteiger partial charge in [0.15, 0.2) is 0 Å². The number of aryl methyl sites for hydroxylation is 1. The van der Waals surface area contributed by atoms with Gasteiger partial charge in [-0.25, -0.2) is 0 Å². The molecule has 0 spiro atoms. The Balaban J connectivity index is 2.04. The zero-order chi connectivity index (χ0) is 13.9. The van der Waals surface area contributed by atoms with Gasteiger partial charge in [-0.05, 0) is 43.0 Å². The van der Waals surface area contributed by atoms with Gasteiger partial charge in [0.05, 0.1) is 0 Å². The van der Waals surface area contributed by atoms with Crippen LogP contribution in [0.3, 0.4) is 0 Å². The molecule has 1 aromatic carbocycles. The molecule has 0 saturated carbocycles.